The summed E-state index contributed by atoms with van der Waals surface area (Å²) in [5.74, 6) is 2.14. The zero-order valence-electron chi connectivity index (χ0n) is 18.8. The van der Waals surface area contributed by atoms with Crippen molar-refractivity contribution in [3.8, 4) is 17.2 Å². The van der Waals surface area contributed by atoms with Crippen molar-refractivity contribution in [2.24, 2.45) is 0 Å². The lowest BCUT2D eigenvalue weighted by Gasteiger charge is -2.32. The molecule has 0 fully saturated rings. The number of hydrogen-bond acceptors (Lipinski definition) is 6. The molecule has 170 valence electrons. The molecule has 0 aliphatic carbocycles. The number of carbonyl (C=O) groups excluding carboxylic acids is 1. The van der Waals surface area contributed by atoms with Gasteiger partial charge in [0.15, 0.2) is 11.5 Å². The maximum Gasteiger partial charge on any atom is 0.373 e. The van der Waals surface area contributed by atoms with Gasteiger partial charge in [0, 0.05) is 0 Å². The van der Waals surface area contributed by atoms with Gasteiger partial charge >= 0.3 is 5.97 Å². The second-order valence-corrected chi connectivity index (χ2v) is 7.27. The maximum absolute atomic E-state index is 12.0. The summed E-state index contributed by atoms with van der Waals surface area (Å²) in [6.07, 6.45) is 1.67. The lowest BCUT2D eigenvalue weighted by Crippen LogP contribution is -2.26. The van der Waals surface area contributed by atoms with E-state index in [1.807, 2.05) is 79.7 Å². The van der Waals surface area contributed by atoms with E-state index in [9.17, 15) is 4.79 Å². The van der Waals surface area contributed by atoms with Gasteiger partial charge in [0.25, 0.3) is 0 Å². The predicted molar refractivity (Wildman–Crippen MR) is 128 cm³/mol. The van der Waals surface area contributed by atoms with Gasteiger partial charge in [-0.25, -0.2) is 4.79 Å². The number of fused-ring (bicyclic) bond motifs is 2. The van der Waals surface area contributed by atoms with Gasteiger partial charge in [-0.15, -0.1) is 0 Å². The van der Waals surface area contributed by atoms with E-state index in [1.54, 1.807) is 13.0 Å². The van der Waals surface area contributed by atoms with Gasteiger partial charge in [-0.3, -0.25) is 0 Å². The number of rotatable bonds is 9. The minimum atomic E-state index is -0.467. The Morgan fingerprint density at radius 1 is 0.848 bits per heavy atom. The molecule has 0 amide bonds. The molecular weight excluding hydrogens is 418 g/mol. The van der Waals surface area contributed by atoms with Crippen LogP contribution in [0.4, 0.5) is 11.4 Å². The Morgan fingerprint density at radius 2 is 1.45 bits per heavy atom. The van der Waals surface area contributed by atoms with Crippen molar-refractivity contribution in [2.75, 3.05) is 31.3 Å². The van der Waals surface area contributed by atoms with Crippen molar-refractivity contribution < 1.29 is 23.7 Å². The van der Waals surface area contributed by atoms with Gasteiger partial charge < -0.3 is 23.8 Å². The summed E-state index contributed by atoms with van der Waals surface area (Å²) in [5, 5.41) is 0. The first kappa shape index (κ1) is 22.3. The predicted octanol–water partition coefficient (Wildman–Crippen LogP) is 5.95. The fourth-order valence-electron chi connectivity index (χ4n) is 3.61. The highest BCUT2D eigenvalue weighted by Crippen LogP contribution is 2.45. The minimum Gasteiger partial charge on any atom is -0.492 e. The van der Waals surface area contributed by atoms with Crippen molar-refractivity contribution in [2.45, 2.75) is 13.8 Å². The highest BCUT2D eigenvalue weighted by Gasteiger charge is 2.23. The molecule has 6 nitrogen and oxygen atoms in total. The molecule has 1 heterocycles. The second kappa shape index (κ2) is 10.6. The van der Waals surface area contributed by atoms with Crippen molar-refractivity contribution in [1.29, 1.82) is 0 Å². The molecule has 0 bridgehead atoms. The maximum atomic E-state index is 12.0. The molecule has 0 saturated heterocycles. The molecule has 4 rings (SSSR count). The van der Waals surface area contributed by atoms with Crippen molar-refractivity contribution in [3.63, 3.8) is 0 Å². The lowest BCUT2D eigenvalue weighted by molar-refractivity contribution is -0.142. The quantitative estimate of drug-likeness (QED) is 0.230. The normalized spacial score (nSPS) is 12.3. The minimum absolute atomic E-state index is 0.192. The first-order valence-corrected chi connectivity index (χ1v) is 11.1. The van der Waals surface area contributed by atoms with Gasteiger partial charge in [0.1, 0.15) is 12.4 Å². The lowest BCUT2D eigenvalue weighted by atomic mass is 10.1. The van der Waals surface area contributed by atoms with E-state index >= 15 is 0 Å². The molecule has 3 aromatic carbocycles. The Morgan fingerprint density at radius 3 is 2.06 bits per heavy atom. The van der Waals surface area contributed by atoms with Gasteiger partial charge in [-0.1, -0.05) is 36.4 Å². The summed E-state index contributed by atoms with van der Waals surface area (Å²) in [6, 6.07) is 23.5. The zero-order chi connectivity index (χ0) is 23.0. The van der Waals surface area contributed by atoms with Crippen LogP contribution in [-0.4, -0.2) is 32.3 Å². The van der Waals surface area contributed by atoms with E-state index < -0.39 is 5.97 Å². The molecule has 1 aliphatic rings. The first-order chi connectivity index (χ1) is 16.2. The van der Waals surface area contributed by atoms with E-state index in [0.717, 1.165) is 34.2 Å². The van der Waals surface area contributed by atoms with Crippen molar-refractivity contribution in [1.82, 2.24) is 0 Å². The van der Waals surface area contributed by atoms with E-state index in [0.29, 0.717) is 26.4 Å². The Kier molecular flexibility index (Phi) is 7.15. The average molecular weight is 446 g/mol. The van der Waals surface area contributed by atoms with Gasteiger partial charge in [0.05, 0.1) is 31.1 Å². The van der Waals surface area contributed by atoms with Crippen LogP contribution in [0, 0.1) is 0 Å². The van der Waals surface area contributed by atoms with Crippen molar-refractivity contribution in [3.05, 3.63) is 84.1 Å². The average Bonchev–Trinajstić information content (AvgIpc) is 2.84. The molecule has 0 N–H and O–H groups in total. The molecule has 0 aromatic heterocycles. The summed E-state index contributed by atoms with van der Waals surface area (Å²) in [5.41, 5.74) is 2.86. The number of nitrogens with zero attached hydrogens (tertiary/aromatic N) is 1. The zero-order valence-corrected chi connectivity index (χ0v) is 18.8. The summed E-state index contributed by atoms with van der Waals surface area (Å²) in [4.78, 5) is 14.2. The SMILES string of the molecule is CCOC(=O)C(=Cc1ccc(OCCN2c3ccccc3Oc3ccccc32)cc1)OCC. The molecule has 6 heteroatoms. The largest absolute Gasteiger partial charge is 0.492 e. The van der Waals surface area contributed by atoms with E-state index in [1.165, 1.54) is 0 Å². The molecule has 0 radical (unpaired) electrons. The van der Waals surface area contributed by atoms with E-state index in [-0.39, 0.29) is 5.76 Å². The summed E-state index contributed by atoms with van der Waals surface area (Å²) >= 11 is 0. The van der Waals surface area contributed by atoms with Crippen LogP contribution in [0.3, 0.4) is 0 Å². The standard InChI is InChI=1S/C27H27NO5/c1-3-30-26(27(29)31-4-2)19-20-13-15-21(16-14-20)32-18-17-28-22-9-5-7-11-24(22)33-25-12-8-6-10-23(25)28/h5-16,19H,3-4,17-18H2,1-2H3. The Bertz CT molecular complexity index is 1080. The third-order valence-electron chi connectivity index (χ3n) is 5.07. The Labute approximate surface area is 194 Å². The van der Waals surface area contributed by atoms with Crippen LogP contribution in [0.15, 0.2) is 78.6 Å². The Hall–Kier alpha value is -3.93. The number of carbonyl (C=O) groups is 1. The third kappa shape index (κ3) is 5.29. The summed E-state index contributed by atoms with van der Waals surface area (Å²) < 4.78 is 22.5. The highest BCUT2D eigenvalue weighted by atomic mass is 16.6. The molecule has 1 aliphatic heterocycles. The van der Waals surface area contributed by atoms with Crippen LogP contribution < -0.4 is 14.4 Å². The molecule has 0 unspecified atom stereocenters. The molecule has 0 saturated carbocycles. The van der Waals surface area contributed by atoms with Crippen molar-refractivity contribution >= 4 is 23.4 Å². The van der Waals surface area contributed by atoms with Crippen LogP contribution >= 0.6 is 0 Å². The highest BCUT2D eigenvalue weighted by molar-refractivity contribution is 5.91. The monoisotopic (exact) mass is 445 g/mol. The number of hydrogen-bond donors (Lipinski definition) is 0. The van der Waals surface area contributed by atoms with Crippen LogP contribution in [0.25, 0.3) is 6.08 Å². The second-order valence-electron chi connectivity index (χ2n) is 7.27. The van der Waals surface area contributed by atoms with Crippen LogP contribution in [0.5, 0.6) is 17.2 Å². The van der Waals surface area contributed by atoms with Crippen LogP contribution in [0.2, 0.25) is 0 Å². The first-order valence-electron chi connectivity index (χ1n) is 11.1. The number of anilines is 2. The Balaban J connectivity index is 1.42. The molecule has 0 spiro atoms. The summed E-state index contributed by atoms with van der Waals surface area (Å²) in [7, 11) is 0. The van der Waals surface area contributed by atoms with Gasteiger partial charge in [0.2, 0.25) is 5.76 Å². The number of ether oxygens (including phenoxy) is 4. The molecule has 0 atom stereocenters. The van der Waals surface area contributed by atoms with Crippen LogP contribution in [-0.2, 0) is 14.3 Å². The molecular formula is C27H27NO5. The number of benzene rings is 3. The molecule has 33 heavy (non-hydrogen) atoms. The summed E-state index contributed by atoms with van der Waals surface area (Å²) in [6.45, 7) is 5.44. The number of esters is 1. The van der Waals surface area contributed by atoms with Gasteiger partial charge in [-0.2, -0.15) is 0 Å². The fraction of sp³-hybridized carbons (Fsp3) is 0.222. The third-order valence-corrected chi connectivity index (χ3v) is 5.07. The van der Waals surface area contributed by atoms with E-state index in [4.69, 9.17) is 18.9 Å². The number of para-hydroxylation sites is 4. The van der Waals surface area contributed by atoms with Crippen LogP contribution in [0.1, 0.15) is 19.4 Å². The fourth-order valence-corrected chi connectivity index (χ4v) is 3.61. The topological polar surface area (TPSA) is 57.2 Å². The molecule has 3 aromatic rings. The smallest absolute Gasteiger partial charge is 0.373 e. The van der Waals surface area contributed by atoms with Gasteiger partial charge in [-0.05, 0) is 61.9 Å². The van der Waals surface area contributed by atoms with E-state index in [2.05, 4.69) is 4.90 Å².